The minimum Gasteiger partial charge on any atom is -0.355 e. The Balaban J connectivity index is 1.73. The van der Waals surface area contributed by atoms with Crippen molar-refractivity contribution in [3.05, 3.63) is 64.2 Å². The molecule has 5 nitrogen and oxygen atoms in total. The number of nitrogens with zero attached hydrogens (tertiary/aromatic N) is 1. The van der Waals surface area contributed by atoms with E-state index in [0.29, 0.717) is 18.7 Å². The van der Waals surface area contributed by atoms with Crippen molar-refractivity contribution in [2.45, 2.75) is 32.4 Å². The van der Waals surface area contributed by atoms with E-state index in [1.807, 2.05) is 50.2 Å². The lowest BCUT2D eigenvalue weighted by atomic mass is 10.1. The third-order valence-corrected chi connectivity index (χ3v) is 7.13. The number of thioether (sulfide) groups is 1. The number of carbonyl (C=O) groups is 1. The number of hydrogen-bond donors (Lipinski definition) is 1. The number of anilines is 1. The third-order valence-electron chi connectivity index (χ3n) is 4.67. The number of sulfonamides is 1. The standard InChI is InChI=1S/C22H29ClN2O3S2/c1-17-9-10-21(14-18(17)2)25(30(3,27)28)12-5-8-22(26)24-11-13-29-16-19-6-4-7-20(23)15-19/h4,6-7,9-10,14-15H,5,8,11-13,16H2,1-3H3,(H,24,26). The van der Waals surface area contributed by atoms with Crippen molar-refractivity contribution >= 4 is 45.0 Å². The van der Waals surface area contributed by atoms with E-state index in [9.17, 15) is 13.2 Å². The van der Waals surface area contributed by atoms with Gasteiger partial charge in [0.25, 0.3) is 0 Å². The summed E-state index contributed by atoms with van der Waals surface area (Å²) < 4.78 is 25.8. The minimum atomic E-state index is -3.41. The first kappa shape index (κ1) is 24.6. The normalized spacial score (nSPS) is 11.3. The Labute approximate surface area is 189 Å². The van der Waals surface area contributed by atoms with Crippen LogP contribution in [0.25, 0.3) is 0 Å². The Bertz CT molecular complexity index is 965. The van der Waals surface area contributed by atoms with Crippen LogP contribution in [0.15, 0.2) is 42.5 Å². The summed E-state index contributed by atoms with van der Waals surface area (Å²) in [4.78, 5) is 12.1. The van der Waals surface area contributed by atoms with Gasteiger partial charge in [-0.1, -0.05) is 29.8 Å². The molecule has 0 saturated carbocycles. The number of rotatable bonds is 11. The Morgan fingerprint density at radius 3 is 2.57 bits per heavy atom. The lowest BCUT2D eigenvalue weighted by molar-refractivity contribution is -0.121. The molecule has 0 aliphatic rings. The van der Waals surface area contributed by atoms with Gasteiger partial charge in [0.2, 0.25) is 15.9 Å². The van der Waals surface area contributed by atoms with Gasteiger partial charge >= 0.3 is 0 Å². The van der Waals surface area contributed by atoms with Crippen LogP contribution < -0.4 is 9.62 Å². The van der Waals surface area contributed by atoms with Crippen LogP contribution in [0, 0.1) is 13.8 Å². The van der Waals surface area contributed by atoms with Gasteiger partial charge in [0, 0.05) is 36.0 Å². The van der Waals surface area contributed by atoms with Crippen molar-refractivity contribution < 1.29 is 13.2 Å². The predicted octanol–water partition coefficient (Wildman–Crippen LogP) is 4.55. The zero-order chi connectivity index (χ0) is 22.1. The van der Waals surface area contributed by atoms with Gasteiger partial charge in [0.1, 0.15) is 0 Å². The van der Waals surface area contributed by atoms with Gasteiger partial charge in [-0.05, 0) is 61.2 Å². The van der Waals surface area contributed by atoms with Crippen LogP contribution in [0.4, 0.5) is 5.69 Å². The highest BCUT2D eigenvalue weighted by Gasteiger charge is 2.18. The van der Waals surface area contributed by atoms with Crippen LogP contribution in [0.3, 0.4) is 0 Å². The van der Waals surface area contributed by atoms with Gasteiger partial charge in [-0.2, -0.15) is 11.8 Å². The van der Waals surface area contributed by atoms with Crippen molar-refractivity contribution in [2.24, 2.45) is 0 Å². The Hall–Kier alpha value is -1.70. The molecule has 0 atom stereocenters. The van der Waals surface area contributed by atoms with Gasteiger partial charge in [0.05, 0.1) is 11.9 Å². The number of carbonyl (C=O) groups excluding carboxylic acids is 1. The van der Waals surface area contributed by atoms with Crippen LogP contribution >= 0.6 is 23.4 Å². The summed E-state index contributed by atoms with van der Waals surface area (Å²) in [6, 6.07) is 13.3. The van der Waals surface area contributed by atoms with Gasteiger partial charge in [-0.3, -0.25) is 9.10 Å². The number of benzene rings is 2. The van der Waals surface area contributed by atoms with Crippen molar-refractivity contribution in [1.82, 2.24) is 5.32 Å². The minimum absolute atomic E-state index is 0.0631. The Morgan fingerprint density at radius 1 is 1.13 bits per heavy atom. The summed E-state index contributed by atoms with van der Waals surface area (Å²) in [6.45, 7) is 4.80. The summed E-state index contributed by atoms with van der Waals surface area (Å²) in [5.74, 6) is 1.58. The zero-order valence-electron chi connectivity index (χ0n) is 17.7. The lowest BCUT2D eigenvalue weighted by Gasteiger charge is -2.23. The molecule has 1 N–H and O–H groups in total. The maximum Gasteiger partial charge on any atom is 0.232 e. The SMILES string of the molecule is Cc1ccc(N(CCCC(=O)NCCSCc2cccc(Cl)c2)S(C)(=O)=O)cc1C. The fraction of sp³-hybridized carbons (Fsp3) is 0.409. The average Bonchev–Trinajstić information content (AvgIpc) is 2.66. The monoisotopic (exact) mass is 468 g/mol. The van der Waals surface area contributed by atoms with Crippen LogP contribution in [-0.4, -0.2) is 39.4 Å². The van der Waals surface area contributed by atoms with E-state index in [2.05, 4.69) is 5.32 Å². The molecule has 0 heterocycles. The fourth-order valence-corrected chi connectivity index (χ4v) is 4.89. The summed E-state index contributed by atoms with van der Waals surface area (Å²) in [5.41, 5.74) is 3.94. The van der Waals surface area contributed by atoms with Crippen LogP contribution in [-0.2, 0) is 20.6 Å². The molecule has 8 heteroatoms. The molecular weight excluding hydrogens is 440 g/mol. The lowest BCUT2D eigenvalue weighted by Crippen LogP contribution is -2.32. The van der Waals surface area contributed by atoms with E-state index >= 15 is 0 Å². The van der Waals surface area contributed by atoms with Gasteiger partial charge in [-0.15, -0.1) is 0 Å². The fourth-order valence-electron chi connectivity index (χ4n) is 2.92. The molecule has 0 radical (unpaired) electrons. The topological polar surface area (TPSA) is 66.5 Å². The number of halogens is 1. The van der Waals surface area contributed by atoms with Crippen LogP contribution in [0.5, 0.6) is 0 Å². The largest absolute Gasteiger partial charge is 0.355 e. The van der Waals surface area contributed by atoms with Crippen molar-refractivity contribution in [2.75, 3.05) is 29.4 Å². The van der Waals surface area contributed by atoms with E-state index in [-0.39, 0.29) is 18.9 Å². The van der Waals surface area contributed by atoms with Crippen LogP contribution in [0.2, 0.25) is 5.02 Å². The summed E-state index contributed by atoms with van der Waals surface area (Å²) >= 11 is 7.70. The molecule has 1 amide bonds. The maximum absolute atomic E-state index is 12.2. The number of aryl methyl sites for hydroxylation is 2. The Morgan fingerprint density at radius 2 is 1.90 bits per heavy atom. The molecule has 2 aromatic rings. The number of hydrogen-bond acceptors (Lipinski definition) is 4. The molecule has 0 bridgehead atoms. The van der Waals surface area contributed by atoms with Gasteiger partial charge in [0.15, 0.2) is 0 Å². The molecule has 2 rings (SSSR count). The molecule has 0 aromatic heterocycles. The number of amides is 1. The van der Waals surface area contributed by atoms with E-state index in [0.717, 1.165) is 33.2 Å². The second-order valence-electron chi connectivity index (χ2n) is 7.24. The first-order valence-electron chi connectivity index (χ1n) is 9.80. The highest BCUT2D eigenvalue weighted by molar-refractivity contribution is 7.98. The first-order chi connectivity index (χ1) is 14.2. The highest BCUT2D eigenvalue weighted by Crippen LogP contribution is 2.22. The molecule has 0 aliphatic carbocycles. The second kappa shape index (κ2) is 11.6. The summed E-state index contributed by atoms with van der Waals surface area (Å²) in [6.07, 6.45) is 1.94. The maximum atomic E-state index is 12.2. The van der Waals surface area contributed by atoms with E-state index in [1.165, 1.54) is 10.6 Å². The summed E-state index contributed by atoms with van der Waals surface area (Å²) in [7, 11) is -3.41. The number of nitrogens with one attached hydrogen (secondary N) is 1. The third kappa shape index (κ3) is 8.20. The van der Waals surface area contributed by atoms with Gasteiger partial charge < -0.3 is 5.32 Å². The summed E-state index contributed by atoms with van der Waals surface area (Å²) in [5, 5.41) is 3.62. The second-order valence-corrected chi connectivity index (χ2v) is 10.7. The van der Waals surface area contributed by atoms with Crippen molar-refractivity contribution in [3.63, 3.8) is 0 Å². The molecule has 30 heavy (non-hydrogen) atoms. The molecule has 0 saturated heterocycles. The molecule has 2 aromatic carbocycles. The molecule has 0 aliphatic heterocycles. The smallest absolute Gasteiger partial charge is 0.232 e. The van der Waals surface area contributed by atoms with Crippen molar-refractivity contribution in [1.29, 1.82) is 0 Å². The van der Waals surface area contributed by atoms with E-state index < -0.39 is 10.0 Å². The molecule has 0 spiro atoms. The molecular formula is C22H29ClN2O3S2. The van der Waals surface area contributed by atoms with E-state index in [4.69, 9.17) is 11.6 Å². The highest BCUT2D eigenvalue weighted by atomic mass is 35.5. The first-order valence-corrected chi connectivity index (χ1v) is 13.2. The average molecular weight is 469 g/mol. The van der Waals surface area contributed by atoms with Crippen LogP contribution in [0.1, 0.15) is 29.5 Å². The van der Waals surface area contributed by atoms with E-state index in [1.54, 1.807) is 17.8 Å². The predicted molar refractivity (Wildman–Crippen MR) is 128 cm³/mol. The van der Waals surface area contributed by atoms with Gasteiger partial charge in [-0.25, -0.2) is 8.42 Å². The molecule has 0 unspecified atom stereocenters. The molecule has 0 fully saturated rings. The molecule has 164 valence electrons. The van der Waals surface area contributed by atoms with Crippen molar-refractivity contribution in [3.8, 4) is 0 Å². The zero-order valence-corrected chi connectivity index (χ0v) is 20.0. The quantitative estimate of drug-likeness (QED) is 0.491. The Kier molecular flexibility index (Phi) is 9.52.